The molecule has 1 aromatic rings. The van der Waals surface area contributed by atoms with Crippen LogP contribution in [0.1, 0.15) is 24.9 Å². The van der Waals surface area contributed by atoms with Crippen molar-refractivity contribution in [3.8, 4) is 0 Å². The number of aliphatic hydroxyl groups is 1. The van der Waals surface area contributed by atoms with E-state index in [0.717, 1.165) is 5.56 Å². The quantitative estimate of drug-likeness (QED) is 0.825. The van der Waals surface area contributed by atoms with E-state index in [1.807, 2.05) is 6.92 Å². The molecule has 4 heteroatoms. The summed E-state index contributed by atoms with van der Waals surface area (Å²) < 4.78 is 13.0. The van der Waals surface area contributed by atoms with Crippen LogP contribution < -0.4 is 0 Å². The molecule has 1 fully saturated rings. The Bertz CT molecular complexity index is 408. The molecule has 0 bridgehead atoms. The second-order valence-electron chi connectivity index (χ2n) is 4.14. The van der Waals surface area contributed by atoms with Crippen molar-refractivity contribution in [3.05, 3.63) is 35.6 Å². The van der Waals surface area contributed by atoms with Gasteiger partial charge >= 0.3 is 0 Å². The van der Waals surface area contributed by atoms with Gasteiger partial charge in [-0.15, -0.1) is 0 Å². The van der Waals surface area contributed by atoms with E-state index in [1.165, 1.54) is 12.1 Å². The number of β-amino-alcohol motifs (C(OH)–C–C–N with tert-alkyl or cyclic N) is 1. The number of likely N-dealkylation sites (tertiary alicyclic amines) is 1. The first-order valence-electron chi connectivity index (χ1n) is 5.31. The lowest BCUT2D eigenvalue weighted by Gasteiger charge is -2.24. The maximum absolute atomic E-state index is 13.0. The molecule has 0 radical (unpaired) electrons. The highest BCUT2D eigenvalue weighted by Crippen LogP contribution is 2.25. The number of aliphatic hydroxyl groups excluding tert-OH is 1. The molecule has 1 saturated heterocycles. The third kappa shape index (κ3) is 2.07. The second-order valence-corrected chi connectivity index (χ2v) is 4.14. The molecule has 1 N–H and O–H groups in total. The molecule has 1 heterocycles. The largest absolute Gasteiger partial charge is 0.391 e. The number of nitrogens with zero attached hydrogens (tertiary/aromatic N) is 1. The van der Waals surface area contributed by atoms with E-state index in [4.69, 9.17) is 0 Å². The zero-order valence-electron chi connectivity index (χ0n) is 9.06. The summed E-state index contributed by atoms with van der Waals surface area (Å²) in [5, 5.41) is 9.38. The van der Waals surface area contributed by atoms with E-state index < -0.39 is 6.10 Å². The van der Waals surface area contributed by atoms with Crippen molar-refractivity contribution in [1.29, 1.82) is 0 Å². The summed E-state index contributed by atoms with van der Waals surface area (Å²) in [6, 6.07) is 6.00. The monoisotopic (exact) mass is 223 g/mol. The summed E-state index contributed by atoms with van der Waals surface area (Å²) in [5.74, 6) is -0.388. The number of rotatable bonds is 2. The Kier molecular flexibility index (Phi) is 2.92. The van der Waals surface area contributed by atoms with Crippen LogP contribution in [-0.2, 0) is 4.79 Å². The van der Waals surface area contributed by atoms with Gasteiger partial charge < -0.3 is 10.0 Å². The van der Waals surface area contributed by atoms with E-state index in [9.17, 15) is 14.3 Å². The lowest BCUT2D eigenvalue weighted by atomic mass is 10.1. The highest BCUT2D eigenvalue weighted by molar-refractivity contribution is 5.79. The van der Waals surface area contributed by atoms with Gasteiger partial charge in [0.2, 0.25) is 5.91 Å². The Morgan fingerprint density at radius 2 is 2.31 bits per heavy atom. The van der Waals surface area contributed by atoms with Crippen LogP contribution in [0.5, 0.6) is 0 Å². The van der Waals surface area contributed by atoms with E-state index in [1.54, 1.807) is 17.0 Å². The molecule has 2 atom stereocenters. The SMILES string of the molecule is CC(c1cccc(F)c1)N1CC(O)CC1=O. The van der Waals surface area contributed by atoms with Crippen molar-refractivity contribution >= 4 is 5.91 Å². The molecule has 0 aliphatic carbocycles. The van der Waals surface area contributed by atoms with Gasteiger partial charge in [-0.25, -0.2) is 4.39 Å². The van der Waals surface area contributed by atoms with E-state index >= 15 is 0 Å². The number of benzene rings is 1. The minimum absolute atomic E-state index is 0.0794. The van der Waals surface area contributed by atoms with Crippen LogP contribution >= 0.6 is 0 Å². The number of hydrogen-bond donors (Lipinski definition) is 1. The Balaban J connectivity index is 2.19. The van der Waals surface area contributed by atoms with Crippen LogP contribution in [0.3, 0.4) is 0 Å². The molecule has 16 heavy (non-hydrogen) atoms. The third-order valence-corrected chi connectivity index (χ3v) is 2.94. The molecule has 86 valence electrons. The number of carbonyl (C=O) groups is 1. The van der Waals surface area contributed by atoms with Gasteiger partial charge in [0.25, 0.3) is 0 Å². The van der Waals surface area contributed by atoms with Crippen molar-refractivity contribution in [2.75, 3.05) is 6.54 Å². The maximum Gasteiger partial charge on any atom is 0.225 e. The molecular formula is C12H14FNO2. The van der Waals surface area contributed by atoms with Gasteiger partial charge in [0, 0.05) is 6.54 Å². The fourth-order valence-corrected chi connectivity index (χ4v) is 2.03. The van der Waals surface area contributed by atoms with Gasteiger partial charge in [0.15, 0.2) is 0 Å². The normalized spacial score (nSPS) is 22.6. The van der Waals surface area contributed by atoms with Gasteiger partial charge in [0.1, 0.15) is 5.82 Å². The first kappa shape index (κ1) is 11.1. The average molecular weight is 223 g/mol. The van der Waals surface area contributed by atoms with Crippen molar-refractivity contribution in [3.63, 3.8) is 0 Å². The highest BCUT2D eigenvalue weighted by Gasteiger charge is 2.31. The maximum atomic E-state index is 13.0. The van der Waals surface area contributed by atoms with E-state index in [-0.39, 0.29) is 24.2 Å². The smallest absolute Gasteiger partial charge is 0.225 e. The number of halogens is 1. The Labute approximate surface area is 93.5 Å². The third-order valence-electron chi connectivity index (χ3n) is 2.94. The molecule has 2 unspecified atom stereocenters. The first-order valence-corrected chi connectivity index (χ1v) is 5.31. The lowest BCUT2D eigenvalue weighted by Crippen LogP contribution is -2.29. The zero-order valence-corrected chi connectivity index (χ0v) is 9.06. The van der Waals surface area contributed by atoms with Crippen LogP contribution in [0, 0.1) is 5.82 Å². The van der Waals surface area contributed by atoms with Crippen molar-refractivity contribution in [2.24, 2.45) is 0 Å². The minimum atomic E-state index is -0.594. The fourth-order valence-electron chi connectivity index (χ4n) is 2.03. The van der Waals surface area contributed by atoms with Gasteiger partial charge in [-0.05, 0) is 24.6 Å². The van der Waals surface area contributed by atoms with Crippen molar-refractivity contribution in [1.82, 2.24) is 4.90 Å². The molecular weight excluding hydrogens is 209 g/mol. The lowest BCUT2D eigenvalue weighted by molar-refractivity contribution is -0.129. The molecule has 0 aromatic heterocycles. The van der Waals surface area contributed by atoms with Crippen LogP contribution in [0.2, 0.25) is 0 Å². The molecule has 2 rings (SSSR count). The molecule has 0 saturated carbocycles. The Morgan fingerprint density at radius 3 is 2.88 bits per heavy atom. The van der Waals surface area contributed by atoms with Crippen LogP contribution in [-0.4, -0.2) is 28.6 Å². The van der Waals surface area contributed by atoms with E-state index in [2.05, 4.69) is 0 Å². The predicted molar refractivity (Wildman–Crippen MR) is 57.2 cm³/mol. The molecule has 1 aromatic carbocycles. The van der Waals surface area contributed by atoms with Gasteiger partial charge in [-0.2, -0.15) is 0 Å². The van der Waals surface area contributed by atoms with Crippen molar-refractivity contribution in [2.45, 2.75) is 25.5 Å². The number of hydrogen-bond acceptors (Lipinski definition) is 2. The highest BCUT2D eigenvalue weighted by atomic mass is 19.1. The summed E-state index contributed by atoms with van der Waals surface area (Å²) in [5.41, 5.74) is 0.752. The molecule has 1 aliphatic rings. The van der Waals surface area contributed by atoms with Crippen LogP contribution in [0.4, 0.5) is 4.39 Å². The average Bonchev–Trinajstić information content (AvgIpc) is 2.57. The summed E-state index contributed by atoms with van der Waals surface area (Å²) in [4.78, 5) is 13.1. The Morgan fingerprint density at radius 1 is 1.56 bits per heavy atom. The van der Waals surface area contributed by atoms with Gasteiger partial charge in [0.05, 0.1) is 18.6 Å². The predicted octanol–water partition coefficient (Wildman–Crippen LogP) is 1.48. The van der Waals surface area contributed by atoms with Gasteiger partial charge in [-0.1, -0.05) is 12.1 Å². The first-order chi connectivity index (χ1) is 7.58. The zero-order chi connectivity index (χ0) is 11.7. The van der Waals surface area contributed by atoms with Gasteiger partial charge in [-0.3, -0.25) is 4.79 Å². The molecule has 1 aliphatic heterocycles. The molecule has 1 amide bonds. The number of amides is 1. The molecule has 3 nitrogen and oxygen atoms in total. The van der Waals surface area contributed by atoms with Crippen LogP contribution in [0.25, 0.3) is 0 Å². The minimum Gasteiger partial charge on any atom is -0.391 e. The Hall–Kier alpha value is -1.42. The van der Waals surface area contributed by atoms with Crippen LogP contribution in [0.15, 0.2) is 24.3 Å². The molecule has 0 spiro atoms. The summed E-state index contributed by atoms with van der Waals surface area (Å²) in [6.07, 6.45) is -0.428. The fraction of sp³-hybridized carbons (Fsp3) is 0.417. The summed E-state index contributed by atoms with van der Waals surface area (Å²) >= 11 is 0. The standard InChI is InChI=1S/C12H14FNO2/c1-8(9-3-2-4-10(13)5-9)14-7-11(15)6-12(14)16/h2-5,8,11,15H,6-7H2,1H3. The van der Waals surface area contributed by atoms with Crippen molar-refractivity contribution < 1.29 is 14.3 Å². The topological polar surface area (TPSA) is 40.5 Å². The summed E-state index contributed by atoms with van der Waals surface area (Å²) in [7, 11) is 0. The summed E-state index contributed by atoms with van der Waals surface area (Å²) in [6.45, 7) is 2.17. The van der Waals surface area contributed by atoms with E-state index in [0.29, 0.717) is 6.54 Å². The number of carbonyl (C=O) groups excluding carboxylic acids is 1. The second kappa shape index (κ2) is 4.22.